The van der Waals surface area contributed by atoms with Crippen LogP contribution in [0, 0.1) is 0 Å². The fourth-order valence-corrected chi connectivity index (χ4v) is 5.81. The summed E-state index contributed by atoms with van der Waals surface area (Å²) in [6.07, 6.45) is 4.88. The molecule has 2 aliphatic heterocycles. The maximum Gasteiger partial charge on any atom is 0.263 e. The molecule has 1 saturated heterocycles. The summed E-state index contributed by atoms with van der Waals surface area (Å²) < 4.78 is 7.11. The van der Waals surface area contributed by atoms with E-state index in [0.717, 1.165) is 57.8 Å². The van der Waals surface area contributed by atoms with Crippen LogP contribution in [0.2, 0.25) is 5.02 Å². The molecule has 4 heterocycles. The van der Waals surface area contributed by atoms with Gasteiger partial charge in [0.05, 0.1) is 22.0 Å². The summed E-state index contributed by atoms with van der Waals surface area (Å²) in [4.78, 5) is 24.7. The number of hydrogen-bond donors (Lipinski definition) is 1. The van der Waals surface area contributed by atoms with Gasteiger partial charge < -0.3 is 14.7 Å². The monoisotopic (exact) mass is 457 g/mol. The van der Waals surface area contributed by atoms with Crippen LogP contribution in [0.5, 0.6) is 5.75 Å². The minimum absolute atomic E-state index is 0.0512. The van der Waals surface area contributed by atoms with Gasteiger partial charge in [0.2, 0.25) is 0 Å². The second kappa shape index (κ2) is 8.37. The quantitative estimate of drug-likeness (QED) is 0.610. The Balaban J connectivity index is 1.53. The molecule has 1 amide bonds. The van der Waals surface area contributed by atoms with Gasteiger partial charge in [-0.05, 0) is 43.9 Å². The van der Waals surface area contributed by atoms with Crippen molar-refractivity contribution in [1.29, 1.82) is 0 Å². The molecule has 0 aliphatic carbocycles. The molecule has 6 nitrogen and oxygen atoms in total. The number of nitrogens with zero attached hydrogens (tertiary/aromatic N) is 3. The summed E-state index contributed by atoms with van der Waals surface area (Å²) in [5, 5.41) is 10.9. The third kappa shape index (κ3) is 3.79. The summed E-state index contributed by atoms with van der Waals surface area (Å²) in [7, 11) is 0. The van der Waals surface area contributed by atoms with E-state index in [-0.39, 0.29) is 5.91 Å². The molecule has 1 N–H and O–H groups in total. The lowest BCUT2D eigenvalue weighted by Gasteiger charge is -2.28. The van der Waals surface area contributed by atoms with Gasteiger partial charge in [0, 0.05) is 40.5 Å². The van der Waals surface area contributed by atoms with Crippen LogP contribution in [-0.2, 0) is 11.2 Å². The van der Waals surface area contributed by atoms with Crippen molar-refractivity contribution in [3.05, 3.63) is 40.0 Å². The fraction of sp³-hybridized carbons (Fsp3) is 0.435. The molecule has 0 saturated carbocycles. The maximum absolute atomic E-state index is 13.0. The summed E-state index contributed by atoms with van der Waals surface area (Å²) in [5.74, 6) is 0.723. The first kappa shape index (κ1) is 20.7. The predicted molar refractivity (Wildman–Crippen MR) is 122 cm³/mol. The molecule has 2 unspecified atom stereocenters. The number of aromatic nitrogens is 2. The first-order chi connectivity index (χ1) is 15.0. The molecule has 2 atom stereocenters. The van der Waals surface area contributed by atoms with E-state index in [1.807, 2.05) is 30.0 Å². The number of aliphatic hydroxyl groups excluding tert-OH is 1. The van der Waals surface area contributed by atoms with E-state index in [2.05, 4.69) is 9.97 Å². The van der Waals surface area contributed by atoms with Gasteiger partial charge in [-0.25, -0.2) is 9.97 Å². The lowest BCUT2D eigenvalue weighted by Crippen LogP contribution is -2.43. The Kier molecular flexibility index (Phi) is 5.58. The van der Waals surface area contributed by atoms with Crippen LogP contribution in [0.15, 0.2) is 24.5 Å². The number of hydrogen-bond acceptors (Lipinski definition) is 6. The van der Waals surface area contributed by atoms with Gasteiger partial charge in [-0.1, -0.05) is 18.5 Å². The van der Waals surface area contributed by atoms with Crippen molar-refractivity contribution < 1.29 is 14.6 Å². The molecule has 1 aromatic carbocycles. The van der Waals surface area contributed by atoms with Crippen LogP contribution in [0.1, 0.15) is 49.2 Å². The molecule has 162 valence electrons. The topological polar surface area (TPSA) is 75.5 Å². The molecule has 5 rings (SSSR count). The fourth-order valence-electron chi connectivity index (χ4n) is 4.39. The van der Waals surface area contributed by atoms with Crippen molar-refractivity contribution in [3.8, 4) is 17.0 Å². The zero-order valence-corrected chi connectivity index (χ0v) is 18.9. The number of aliphatic hydroxyl groups is 1. The average molecular weight is 458 g/mol. The molecule has 0 bridgehead atoms. The molecule has 3 aromatic rings. The number of carbonyl (C=O) groups excluding carboxylic acids is 1. The Morgan fingerprint density at radius 3 is 2.87 bits per heavy atom. The van der Waals surface area contributed by atoms with Gasteiger partial charge in [-0.15, -0.1) is 11.3 Å². The van der Waals surface area contributed by atoms with Gasteiger partial charge >= 0.3 is 0 Å². The first-order valence-electron chi connectivity index (χ1n) is 10.8. The van der Waals surface area contributed by atoms with Crippen molar-refractivity contribution in [2.24, 2.45) is 0 Å². The number of amides is 1. The van der Waals surface area contributed by atoms with E-state index in [9.17, 15) is 9.90 Å². The average Bonchev–Trinajstić information content (AvgIpc) is 3.42. The highest BCUT2D eigenvalue weighted by Gasteiger charge is 2.35. The third-order valence-electron chi connectivity index (χ3n) is 6.04. The van der Waals surface area contributed by atoms with Crippen LogP contribution in [-0.4, -0.2) is 45.1 Å². The van der Waals surface area contributed by atoms with E-state index in [1.165, 1.54) is 24.1 Å². The summed E-state index contributed by atoms with van der Waals surface area (Å²) in [6, 6.07) is 5.63. The number of fused-ring (bicyclic) bond motifs is 2. The molecular weight excluding hydrogens is 434 g/mol. The molecule has 1 fully saturated rings. The van der Waals surface area contributed by atoms with Crippen LogP contribution < -0.4 is 4.74 Å². The van der Waals surface area contributed by atoms with E-state index >= 15 is 0 Å². The standard InChI is InChI=1S/C23H24ClN3O3S/c1-2-17(28)19-11-16-22(31-19)20(26-12-25-16)15-10-14(24)8-13-9-18(30-21(13)15)23(29)27-6-4-3-5-7-27/h8,10-12,17-18,28H,2-7,9H2,1H3. The van der Waals surface area contributed by atoms with Crippen molar-refractivity contribution >= 4 is 39.1 Å². The number of likely N-dealkylation sites (tertiary alicyclic amines) is 1. The highest BCUT2D eigenvalue weighted by molar-refractivity contribution is 7.19. The van der Waals surface area contributed by atoms with Crippen molar-refractivity contribution in [3.63, 3.8) is 0 Å². The smallest absolute Gasteiger partial charge is 0.263 e. The van der Waals surface area contributed by atoms with Crippen LogP contribution in [0.3, 0.4) is 0 Å². The van der Waals surface area contributed by atoms with E-state index in [4.69, 9.17) is 16.3 Å². The minimum Gasteiger partial charge on any atom is -0.479 e. The molecule has 2 aromatic heterocycles. The Bertz CT molecular complexity index is 1140. The predicted octanol–water partition coefficient (Wildman–Crippen LogP) is 4.77. The van der Waals surface area contributed by atoms with E-state index < -0.39 is 12.2 Å². The lowest BCUT2D eigenvalue weighted by molar-refractivity contribution is -0.138. The number of rotatable bonds is 4. The maximum atomic E-state index is 13.0. The highest BCUT2D eigenvalue weighted by atomic mass is 35.5. The number of halogens is 1. The van der Waals surface area contributed by atoms with Crippen LogP contribution >= 0.6 is 22.9 Å². The third-order valence-corrected chi connectivity index (χ3v) is 7.49. The number of benzene rings is 1. The molecule has 0 spiro atoms. The largest absolute Gasteiger partial charge is 0.479 e. The van der Waals surface area contributed by atoms with E-state index in [0.29, 0.717) is 23.6 Å². The molecule has 31 heavy (non-hydrogen) atoms. The molecule has 8 heteroatoms. The van der Waals surface area contributed by atoms with Crippen LogP contribution in [0.4, 0.5) is 0 Å². The lowest BCUT2D eigenvalue weighted by atomic mass is 10.0. The SMILES string of the molecule is CCC(O)c1cc2ncnc(-c3cc(Cl)cc4c3OC(C(=O)N3CCCCC3)C4)c2s1. The van der Waals surface area contributed by atoms with Gasteiger partial charge in [0.1, 0.15) is 12.1 Å². The Morgan fingerprint density at radius 1 is 1.29 bits per heavy atom. The number of ether oxygens (including phenoxy) is 1. The van der Waals surface area contributed by atoms with E-state index in [1.54, 1.807) is 0 Å². The normalized spacial score (nSPS) is 19.3. The van der Waals surface area contributed by atoms with Gasteiger partial charge in [0.15, 0.2) is 6.10 Å². The molecule has 0 radical (unpaired) electrons. The van der Waals surface area contributed by atoms with Crippen molar-refractivity contribution in [2.75, 3.05) is 13.1 Å². The zero-order chi connectivity index (χ0) is 21.5. The summed E-state index contributed by atoms with van der Waals surface area (Å²) in [5.41, 5.74) is 3.19. The van der Waals surface area contributed by atoms with Gasteiger partial charge in [-0.3, -0.25) is 4.79 Å². The second-order valence-electron chi connectivity index (χ2n) is 8.15. The Hall–Kier alpha value is -2.22. The minimum atomic E-state index is -0.528. The summed E-state index contributed by atoms with van der Waals surface area (Å²) in [6.45, 7) is 3.54. The number of piperidine rings is 1. The number of thiophene rings is 1. The Morgan fingerprint density at radius 2 is 2.10 bits per heavy atom. The summed E-state index contributed by atoms with van der Waals surface area (Å²) >= 11 is 7.94. The number of carbonyl (C=O) groups is 1. The van der Waals surface area contributed by atoms with Crippen molar-refractivity contribution in [2.45, 2.75) is 51.2 Å². The van der Waals surface area contributed by atoms with Crippen molar-refractivity contribution in [1.82, 2.24) is 14.9 Å². The Labute approximate surface area is 189 Å². The second-order valence-corrected chi connectivity index (χ2v) is 9.67. The van der Waals surface area contributed by atoms with Gasteiger partial charge in [0.25, 0.3) is 5.91 Å². The van der Waals surface area contributed by atoms with Gasteiger partial charge in [-0.2, -0.15) is 0 Å². The first-order valence-corrected chi connectivity index (χ1v) is 12.0. The zero-order valence-electron chi connectivity index (χ0n) is 17.3. The van der Waals surface area contributed by atoms with Crippen LogP contribution in [0.25, 0.3) is 21.5 Å². The molecular formula is C23H24ClN3O3S. The highest BCUT2D eigenvalue weighted by Crippen LogP contribution is 2.44. The molecule has 2 aliphatic rings.